The number of aromatic nitrogens is 4. The number of aryl methyl sites for hydroxylation is 1. The molecule has 5 aromatic rings. The number of nitrogens with zero attached hydrogens (tertiary/aromatic N) is 6. The van der Waals surface area contributed by atoms with E-state index in [2.05, 4.69) is 21.8 Å². The Morgan fingerprint density at radius 1 is 1.02 bits per heavy atom. The molecule has 0 aliphatic carbocycles. The molecule has 43 heavy (non-hydrogen) atoms. The third-order valence-electron chi connectivity index (χ3n) is 7.96. The van der Waals surface area contributed by atoms with Crippen molar-refractivity contribution in [1.29, 1.82) is 0 Å². The summed E-state index contributed by atoms with van der Waals surface area (Å²) in [6, 6.07) is 9.91. The third-order valence-corrected chi connectivity index (χ3v) is 10.1. The van der Waals surface area contributed by atoms with Crippen molar-refractivity contribution < 1.29 is 22.3 Å². The first-order valence-corrected chi connectivity index (χ1v) is 15.6. The smallest absolute Gasteiger partial charge is 0.269 e. The van der Waals surface area contributed by atoms with Gasteiger partial charge in [-0.2, -0.15) is 0 Å². The molecule has 1 aliphatic heterocycles. The minimum atomic E-state index is -4.20. The molecule has 226 valence electrons. The molecule has 1 saturated heterocycles. The maximum absolute atomic E-state index is 14.6. The molecule has 0 spiro atoms. The standard InChI is InChI=1S/C30H32ClFN6O4S/c1-19-5-7-20(8-6-19)43(39,40)38-24(15-21-27(31)23(32)17-33-29(21)38)22-18-37(14-13-36-11-9-35(2)10-12-36)25-16-26(41-3)30(42-4)34-28(22)25/h5-8,15-18H,9-14H2,1-4H3. The largest absolute Gasteiger partial charge is 0.491 e. The van der Waals surface area contributed by atoms with E-state index in [9.17, 15) is 12.8 Å². The Labute approximate surface area is 254 Å². The number of pyridine rings is 2. The van der Waals surface area contributed by atoms with Crippen LogP contribution in [0.5, 0.6) is 11.6 Å². The van der Waals surface area contributed by atoms with Gasteiger partial charge in [0, 0.05) is 62.5 Å². The van der Waals surface area contributed by atoms with Gasteiger partial charge in [0.1, 0.15) is 5.52 Å². The second-order valence-electron chi connectivity index (χ2n) is 10.7. The van der Waals surface area contributed by atoms with Gasteiger partial charge in [-0.1, -0.05) is 29.3 Å². The highest BCUT2D eigenvalue weighted by Gasteiger charge is 2.29. The minimum absolute atomic E-state index is 0.0146. The first-order chi connectivity index (χ1) is 20.6. The fourth-order valence-corrected chi connectivity index (χ4v) is 7.14. The van der Waals surface area contributed by atoms with Gasteiger partial charge in [-0.3, -0.25) is 4.90 Å². The SMILES string of the molecule is COc1cc2c(nc1OC)c(-c1cc3c(Cl)c(F)cnc3n1S(=O)(=O)c1ccc(C)cc1)cn2CCN1CCN(C)CC1. The number of ether oxygens (including phenoxy) is 2. The van der Waals surface area contributed by atoms with Gasteiger partial charge in [-0.05, 0) is 32.2 Å². The predicted octanol–water partition coefficient (Wildman–Crippen LogP) is 4.66. The van der Waals surface area contributed by atoms with Crippen molar-refractivity contribution in [3.63, 3.8) is 0 Å². The van der Waals surface area contributed by atoms with Crippen LogP contribution in [-0.4, -0.2) is 90.7 Å². The van der Waals surface area contributed by atoms with Crippen LogP contribution in [0.3, 0.4) is 0 Å². The predicted molar refractivity (Wildman–Crippen MR) is 164 cm³/mol. The molecule has 0 radical (unpaired) electrons. The molecule has 1 fully saturated rings. The molecular weight excluding hydrogens is 595 g/mol. The highest BCUT2D eigenvalue weighted by Crippen LogP contribution is 2.40. The molecule has 4 aromatic heterocycles. The number of likely N-dealkylation sites (N-methyl/N-ethyl adjacent to an activating group) is 1. The number of hydrogen-bond donors (Lipinski definition) is 0. The normalized spacial score (nSPS) is 15.0. The Kier molecular flexibility index (Phi) is 7.80. The molecule has 5 heterocycles. The number of hydrogen-bond acceptors (Lipinski definition) is 8. The van der Waals surface area contributed by atoms with Gasteiger partial charge in [0.2, 0.25) is 0 Å². The first kappa shape index (κ1) is 29.4. The van der Waals surface area contributed by atoms with Crippen molar-refractivity contribution in [2.75, 3.05) is 54.0 Å². The summed E-state index contributed by atoms with van der Waals surface area (Å²) >= 11 is 6.38. The second-order valence-corrected chi connectivity index (χ2v) is 12.9. The van der Waals surface area contributed by atoms with Crippen LogP contribution < -0.4 is 9.47 Å². The maximum atomic E-state index is 14.6. The topological polar surface area (TPSA) is 94.7 Å². The van der Waals surface area contributed by atoms with E-state index in [1.807, 2.05) is 23.8 Å². The third kappa shape index (κ3) is 5.22. The van der Waals surface area contributed by atoms with Crippen LogP contribution in [0.2, 0.25) is 5.02 Å². The van der Waals surface area contributed by atoms with Crippen LogP contribution in [0.25, 0.3) is 33.3 Å². The monoisotopic (exact) mass is 626 g/mol. The summed E-state index contributed by atoms with van der Waals surface area (Å²) in [6.07, 6.45) is 2.80. The maximum Gasteiger partial charge on any atom is 0.269 e. The van der Waals surface area contributed by atoms with E-state index in [1.165, 1.54) is 26.4 Å². The molecular formula is C30H32ClFN6O4S. The average Bonchev–Trinajstić information content (AvgIpc) is 3.57. The van der Waals surface area contributed by atoms with Crippen LogP contribution in [0.4, 0.5) is 4.39 Å². The lowest BCUT2D eigenvalue weighted by molar-refractivity contribution is 0.150. The van der Waals surface area contributed by atoms with Crippen molar-refractivity contribution in [3.8, 4) is 22.9 Å². The van der Waals surface area contributed by atoms with Crippen LogP contribution in [0, 0.1) is 12.7 Å². The first-order valence-electron chi connectivity index (χ1n) is 13.8. The van der Waals surface area contributed by atoms with E-state index in [4.69, 9.17) is 26.1 Å². The second kappa shape index (κ2) is 11.4. The van der Waals surface area contributed by atoms with Gasteiger partial charge >= 0.3 is 0 Å². The van der Waals surface area contributed by atoms with Crippen LogP contribution >= 0.6 is 11.6 Å². The summed E-state index contributed by atoms with van der Waals surface area (Å²) in [6.45, 7) is 7.18. The molecule has 0 amide bonds. The van der Waals surface area contributed by atoms with Crippen molar-refractivity contribution in [1.82, 2.24) is 28.3 Å². The molecule has 6 rings (SSSR count). The molecule has 1 aliphatic rings. The highest BCUT2D eigenvalue weighted by molar-refractivity contribution is 7.90. The number of halogens is 2. The molecule has 1 aromatic carbocycles. The lowest BCUT2D eigenvalue weighted by Gasteiger charge is -2.32. The van der Waals surface area contributed by atoms with E-state index in [-0.39, 0.29) is 32.5 Å². The number of benzene rings is 1. The Morgan fingerprint density at radius 2 is 1.74 bits per heavy atom. The van der Waals surface area contributed by atoms with E-state index in [0.29, 0.717) is 23.4 Å². The Bertz CT molecular complexity index is 1930. The fraction of sp³-hybridized carbons (Fsp3) is 0.333. The van der Waals surface area contributed by atoms with Gasteiger partial charge in [0.05, 0.1) is 41.5 Å². The van der Waals surface area contributed by atoms with E-state index in [1.54, 1.807) is 18.2 Å². The molecule has 0 unspecified atom stereocenters. The lowest BCUT2D eigenvalue weighted by atomic mass is 10.2. The van der Waals surface area contributed by atoms with Gasteiger partial charge < -0.3 is 18.9 Å². The summed E-state index contributed by atoms with van der Waals surface area (Å²) in [5.74, 6) is -0.0517. The zero-order valence-corrected chi connectivity index (χ0v) is 25.9. The summed E-state index contributed by atoms with van der Waals surface area (Å²) in [4.78, 5) is 13.7. The molecule has 0 bridgehead atoms. The average molecular weight is 627 g/mol. The Balaban J connectivity index is 1.58. The van der Waals surface area contributed by atoms with Gasteiger partial charge in [0.15, 0.2) is 17.2 Å². The number of piperazine rings is 1. The molecule has 0 N–H and O–H groups in total. The van der Waals surface area contributed by atoms with Crippen LogP contribution in [-0.2, 0) is 16.6 Å². The quantitative estimate of drug-likeness (QED) is 0.246. The van der Waals surface area contributed by atoms with Gasteiger partial charge in [0.25, 0.3) is 15.9 Å². The molecule has 13 heteroatoms. The molecule has 0 atom stereocenters. The Hall–Kier alpha value is -3.71. The Morgan fingerprint density at radius 3 is 2.42 bits per heavy atom. The van der Waals surface area contributed by atoms with Crippen molar-refractivity contribution in [2.45, 2.75) is 18.4 Å². The highest BCUT2D eigenvalue weighted by atomic mass is 35.5. The lowest BCUT2D eigenvalue weighted by Crippen LogP contribution is -2.45. The van der Waals surface area contributed by atoms with Gasteiger partial charge in [-0.25, -0.2) is 26.7 Å². The number of rotatable bonds is 8. The van der Waals surface area contributed by atoms with E-state index in [0.717, 1.165) is 54.0 Å². The number of methoxy groups -OCH3 is 2. The summed E-state index contributed by atoms with van der Waals surface area (Å²) in [5, 5.41) is -0.0405. The molecule has 10 nitrogen and oxygen atoms in total. The van der Waals surface area contributed by atoms with E-state index >= 15 is 0 Å². The van der Waals surface area contributed by atoms with Crippen LogP contribution in [0.1, 0.15) is 5.56 Å². The van der Waals surface area contributed by atoms with Gasteiger partial charge in [-0.15, -0.1) is 0 Å². The van der Waals surface area contributed by atoms with Crippen molar-refractivity contribution in [2.24, 2.45) is 0 Å². The minimum Gasteiger partial charge on any atom is -0.491 e. The molecule has 0 saturated carbocycles. The zero-order chi connectivity index (χ0) is 30.5. The zero-order valence-electron chi connectivity index (χ0n) is 24.3. The van der Waals surface area contributed by atoms with E-state index < -0.39 is 15.8 Å². The summed E-state index contributed by atoms with van der Waals surface area (Å²) < 4.78 is 57.3. The fourth-order valence-electron chi connectivity index (χ4n) is 5.47. The summed E-state index contributed by atoms with van der Waals surface area (Å²) in [7, 11) is 0.945. The summed E-state index contributed by atoms with van der Waals surface area (Å²) in [5.41, 5.74) is 2.90. The van der Waals surface area contributed by atoms with Crippen molar-refractivity contribution in [3.05, 3.63) is 65.2 Å². The number of fused-ring (bicyclic) bond motifs is 2. The van der Waals surface area contributed by atoms with Crippen molar-refractivity contribution >= 4 is 43.7 Å². The van der Waals surface area contributed by atoms with Crippen LogP contribution in [0.15, 0.2) is 53.7 Å².